The van der Waals surface area contributed by atoms with Crippen LogP contribution in [0.2, 0.25) is 0 Å². The fourth-order valence-corrected chi connectivity index (χ4v) is 2.16. The first-order valence-corrected chi connectivity index (χ1v) is 8.18. The van der Waals surface area contributed by atoms with Gasteiger partial charge in [-0.15, -0.1) is 24.0 Å². The molecule has 0 heterocycles. The number of nitrogens with one attached hydrogen (secondary N) is 3. The Labute approximate surface area is 166 Å². The molecule has 0 atom stereocenters. The number of rotatable bonds is 8. The van der Waals surface area contributed by atoms with E-state index in [2.05, 4.69) is 20.9 Å². The molecule has 7 nitrogen and oxygen atoms in total. The second-order valence-electron chi connectivity index (χ2n) is 5.57. The van der Waals surface area contributed by atoms with E-state index in [9.17, 15) is 4.79 Å². The minimum atomic E-state index is -0.00914. The summed E-state index contributed by atoms with van der Waals surface area (Å²) in [4.78, 5) is 16.3. The molecule has 0 aliphatic heterocycles. The topological polar surface area (TPSA) is 84.0 Å². The molecule has 0 aromatic heterocycles. The Hall–Kier alpha value is -1.71. The van der Waals surface area contributed by atoms with Gasteiger partial charge >= 0.3 is 0 Å². The van der Waals surface area contributed by atoms with E-state index >= 15 is 0 Å². The quantitative estimate of drug-likeness (QED) is 0.311. The molecule has 1 aromatic carbocycles. The van der Waals surface area contributed by atoms with Gasteiger partial charge in [0.1, 0.15) is 11.5 Å². The molecule has 0 radical (unpaired) electrons. The van der Waals surface area contributed by atoms with E-state index in [1.165, 1.54) is 0 Å². The maximum absolute atomic E-state index is 11.8. The van der Waals surface area contributed by atoms with Gasteiger partial charge in [0.05, 0.1) is 27.3 Å². The van der Waals surface area contributed by atoms with Crippen LogP contribution < -0.4 is 25.4 Å². The summed E-state index contributed by atoms with van der Waals surface area (Å²) in [5, 5.41) is 9.11. The van der Waals surface area contributed by atoms with Crippen molar-refractivity contribution in [1.29, 1.82) is 0 Å². The molecule has 1 aliphatic rings. The molecule has 0 bridgehead atoms. The van der Waals surface area contributed by atoms with Gasteiger partial charge in [-0.2, -0.15) is 0 Å². The SMILES string of the molecule is CCNC(=NCc1ccc(OC)cc1OC)NCC(=O)NC1CC1.I. The maximum atomic E-state index is 11.8. The van der Waals surface area contributed by atoms with Crippen LogP contribution in [0.5, 0.6) is 11.5 Å². The first kappa shape index (κ1) is 21.3. The molecule has 0 unspecified atom stereocenters. The molecule has 2 rings (SSSR count). The summed E-state index contributed by atoms with van der Waals surface area (Å²) >= 11 is 0. The fourth-order valence-electron chi connectivity index (χ4n) is 2.16. The van der Waals surface area contributed by atoms with Gasteiger partial charge in [0.25, 0.3) is 0 Å². The van der Waals surface area contributed by atoms with Crippen LogP contribution in [0.3, 0.4) is 0 Å². The number of hydrogen-bond acceptors (Lipinski definition) is 4. The van der Waals surface area contributed by atoms with E-state index in [0.29, 0.717) is 18.5 Å². The molecule has 3 N–H and O–H groups in total. The Balaban J connectivity index is 0.00000312. The van der Waals surface area contributed by atoms with Gasteiger partial charge < -0.3 is 25.4 Å². The van der Waals surface area contributed by atoms with E-state index in [1.54, 1.807) is 14.2 Å². The minimum Gasteiger partial charge on any atom is -0.497 e. The highest BCUT2D eigenvalue weighted by atomic mass is 127. The van der Waals surface area contributed by atoms with E-state index in [0.717, 1.165) is 36.4 Å². The van der Waals surface area contributed by atoms with Gasteiger partial charge in [-0.05, 0) is 31.9 Å². The van der Waals surface area contributed by atoms with Crippen LogP contribution >= 0.6 is 24.0 Å². The number of guanidine groups is 1. The van der Waals surface area contributed by atoms with Gasteiger partial charge in [-0.1, -0.05) is 0 Å². The van der Waals surface area contributed by atoms with Gasteiger partial charge in [0, 0.05) is 24.2 Å². The monoisotopic (exact) mass is 462 g/mol. The lowest BCUT2D eigenvalue weighted by molar-refractivity contribution is -0.120. The molecule has 1 amide bonds. The van der Waals surface area contributed by atoms with Crippen molar-refractivity contribution in [1.82, 2.24) is 16.0 Å². The number of halogens is 1. The Morgan fingerprint density at radius 1 is 1.24 bits per heavy atom. The number of ether oxygens (including phenoxy) is 2. The molecule has 1 aromatic rings. The molecule has 1 aliphatic carbocycles. The molecule has 0 saturated heterocycles. The second kappa shape index (κ2) is 11.0. The summed E-state index contributed by atoms with van der Waals surface area (Å²) in [5.41, 5.74) is 0.943. The number of aliphatic imine (C=N–C) groups is 1. The highest BCUT2D eigenvalue weighted by Gasteiger charge is 2.22. The van der Waals surface area contributed by atoms with Crippen LogP contribution in [0, 0.1) is 0 Å². The van der Waals surface area contributed by atoms with E-state index in [4.69, 9.17) is 9.47 Å². The Morgan fingerprint density at radius 3 is 2.60 bits per heavy atom. The van der Waals surface area contributed by atoms with Crippen molar-refractivity contribution in [3.05, 3.63) is 23.8 Å². The lowest BCUT2D eigenvalue weighted by atomic mass is 10.2. The highest BCUT2D eigenvalue weighted by molar-refractivity contribution is 14.0. The first-order chi connectivity index (χ1) is 11.7. The molecule has 1 fully saturated rings. The van der Waals surface area contributed by atoms with Crippen molar-refractivity contribution in [2.75, 3.05) is 27.3 Å². The van der Waals surface area contributed by atoms with Crippen LogP contribution in [-0.4, -0.2) is 45.2 Å². The molecular weight excluding hydrogens is 435 g/mol. The van der Waals surface area contributed by atoms with Gasteiger partial charge in [0.2, 0.25) is 5.91 Å². The lowest BCUT2D eigenvalue weighted by Gasteiger charge is -2.12. The molecule has 140 valence electrons. The third-order valence-electron chi connectivity index (χ3n) is 3.60. The van der Waals surface area contributed by atoms with Crippen molar-refractivity contribution in [3.63, 3.8) is 0 Å². The number of benzene rings is 1. The Bertz CT molecular complexity index is 591. The minimum absolute atomic E-state index is 0. The van der Waals surface area contributed by atoms with Gasteiger partial charge in [-0.25, -0.2) is 4.99 Å². The van der Waals surface area contributed by atoms with Crippen molar-refractivity contribution in [3.8, 4) is 11.5 Å². The Kier molecular flexibility index (Phi) is 9.40. The number of amides is 1. The fraction of sp³-hybridized carbons (Fsp3) is 0.529. The number of carbonyl (C=O) groups excluding carboxylic acids is 1. The van der Waals surface area contributed by atoms with E-state index in [1.807, 2.05) is 25.1 Å². The third kappa shape index (κ3) is 7.37. The van der Waals surface area contributed by atoms with Crippen LogP contribution in [0.15, 0.2) is 23.2 Å². The lowest BCUT2D eigenvalue weighted by Crippen LogP contribution is -2.43. The summed E-state index contributed by atoms with van der Waals surface area (Å²) in [6, 6.07) is 5.98. The van der Waals surface area contributed by atoms with Crippen molar-refractivity contribution in [2.45, 2.75) is 32.4 Å². The average molecular weight is 462 g/mol. The first-order valence-electron chi connectivity index (χ1n) is 8.18. The predicted octanol–water partition coefficient (Wildman–Crippen LogP) is 1.66. The van der Waals surface area contributed by atoms with Crippen LogP contribution in [0.25, 0.3) is 0 Å². The molecule has 8 heteroatoms. The summed E-state index contributed by atoms with van der Waals surface area (Å²) in [7, 11) is 3.24. The molecule has 0 spiro atoms. The molecule has 25 heavy (non-hydrogen) atoms. The number of methoxy groups -OCH3 is 2. The van der Waals surface area contributed by atoms with Crippen molar-refractivity contribution < 1.29 is 14.3 Å². The highest BCUT2D eigenvalue weighted by Crippen LogP contribution is 2.25. The van der Waals surface area contributed by atoms with Crippen LogP contribution in [0.4, 0.5) is 0 Å². The largest absolute Gasteiger partial charge is 0.497 e. The van der Waals surface area contributed by atoms with Crippen molar-refractivity contribution in [2.24, 2.45) is 4.99 Å². The normalized spacial score (nSPS) is 13.5. The standard InChI is InChI=1S/C17H26N4O3.HI/c1-4-18-17(20-11-16(22)21-13-6-7-13)19-10-12-5-8-14(23-2)9-15(12)24-3;/h5,8-9,13H,4,6-7,10-11H2,1-3H3,(H,21,22)(H2,18,19,20);1H. The van der Waals surface area contributed by atoms with E-state index in [-0.39, 0.29) is 36.4 Å². The number of carbonyl (C=O) groups is 1. The zero-order valence-electron chi connectivity index (χ0n) is 14.9. The smallest absolute Gasteiger partial charge is 0.239 e. The molecular formula is C17H27IN4O3. The van der Waals surface area contributed by atoms with Crippen molar-refractivity contribution >= 4 is 35.8 Å². The Morgan fingerprint density at radius 2 is 2.00 bits per heavy atom. The summed E-state index contributed by atoms with van der Waals surface area (Å²) in [6.07, 6.45) is 2.16. The summed E-state index contributed by atoms with van der Waals surface area (Å²) in [5.74, 6) is 2.05. The third-order valence-corrected chi connectivity index (χ3v) is 3.60. The van der Waals surface area contributed by atoms with Gasteiger partial charge in [0.15, 0.2) is 5.96 Å². The zero-order valence-corrected chi connectivity index (χ0v) is 17.3. The maximum Gasteiger partial charge on any atom is 0.239 e. The zero-order chi connectivity index (χ0) is 17.4. The van der Waals surface area contributed by atoms with Crippen LogP contribution in [0.1, 0.15) is 25.3 Å². The average Bonchev–Trinajstić information content (AvgIpc) is 3.41. The second-order valence-corrected chi connectivity index (χ2v) is 5.57. The number of nitrogens with zero attached hydrogens (tertiary/aromatic N) is 1. The summed E-state index contributed by atoms with van der Waals surface area (Å²) in [6.45, 7) is 3.35. The molecule has 1 saturated carbocycles. The summed E-state index contributed by atoms with van der Waals surface area (Å²) < 4.78 is 10.6. The predicted molar refractivity (Wildman–Crippen MR) is 109 cm³/mol. The van der Waals surface area contributed by atoms with E-state index < -0.39 is 0 Å². The number of hydrogen-bond donors (Lipinski definition) is 3. The van der Waals surface area contributed by atoms with Crippen LogP contribution in [-0.2, 0) is 11.3 Å². The van der Waals surface area contributed by atoms with Gasteiger partial charge in [-0.3, -0.25) is 4.79 Å².